The standard InChI is InChI=1S/C26H29ClF3N3O4S/c1-17-7-9-19(10-8-17)32-24(35)15-38(37)16-25(36)33(14-23(34)31-18-5-3-2-4-6-18)20-11-12-22(27)21(13-20)26(28,29)30/h7-13,18H,2-6,14-16H2,1H3,(H,31,34)(H,32,35)/t38-/m0/s1. The first kappa shape index (κ1) is 29.6. The van der Waals surface area contributed by atoms with Gasteiger partial charge in [0.2, 0.25) is 17.7 Å². The summed E-state index contributed by atoms with van der Waals surface area (Å²) in [6.45, 7) is 1.31. The minimum absolute atomic E-state index is 0.0799. The molecule has 12 heteroatoms. The molecule has 0 aromatic heterocycles. The number of amides is 3. The fourth-order valence-corrected chi connectivity index (χ4v) is 5.26. The van der Waals surface area contributed by atoms with Gasteiger partial charge in [-0.1, -0.05) is 48.6 Å². The second kappa shape index (κ2) is 13.2. The van der Waals surface area contributed by atoms with Crippen molar-refractivity contribution in [1.29, 1.82) is 0 Å². The number of carbonyl (C=O) groups excluding carboxylic acids is 3. The van der Waals surface area contributed by atoms with Crippen LogP contribution in [0.15, 0.2) is 42.5 Å². The van der Waals surface area contributed by atoms with E-state index in [9.17, 15) is 31.8 Å². The monoisotopic (exact) mass is 571 g/mol. The Morgan fingerprint density at radius 3 is 2.29 bits per heavy atom. The zero-order chi connectivity index (χ0) is 27.9. The maximum absolute atomic E-state index is 13.5. The van der Waals surface area contributed by atoms with E-state index in [0.29, 0.717) is 11.8 Å². The van der Waals surface area contributed by atoms with E-state index in [1.807, 2.05) is 6.92 Å². The number of carbonyl (C=O) groups is 3. The fourth-order valence-electron chi connectivity index (χ4n) is 4.13. The molecule has 2 aromatic rings. The normalized spacial score (nSPS) is 15.0. The van der Waals surface area contributed by atoms with Crippen molar-refractivity contribution in [2.24, 2.45) is 0 Å². The van der Waals surface area contributed by atoms with Gasteiger partial charge in [0.15, 0.2) is 0 Å². The number of anilines is 2. The van der Waals surface area contributed by atoms with Crippen molar-refractivity contribution < 1.29 is 31.8 Å². The van der Waals surface area contributed by atoms with Crippen LogP contribution in [0.2, 0.25) is 5.02 Å². The van der Waals surface area contributed by atoms with Crippen LogP contribution < -0.4 is 15.5 Å². The van der Waals surface area contributed by atoms with E-state index in [1.165, 1.54) is 6.07 Å². The van der Waals surface area contributed by atoms with Gasteiger partial charge in [0.1, 0.15) is 18.1 Å². The van der Waals surface area contributed by atoms with Gasteiger partial charge in [-0.2, -0.15) is 13.2 Å². The summed E-state index contributed by atoms with van der Waals surface area (Å²) in [6.07, 6.45) is -0.279. The molecule has 1 saturated carbocycles. The molecule has 0 bridgehead atoms. The van der Waals surface area contributed by atoms with Crippen molar-refractivity contribution in [2.45, 2.75) is 51.2 Å². The number of nitrogens with zero attached hydrogens (tertiary/aromatic N) is 1. The lowest BCUT2D eigenvalue weighted by atomic mass is 9.95. The number of hydrogen-bond donors (Lipinski definition) is 2. The number of rotatable bonds is 9. The highest BCUT2D eigenvalue weighted by Crippen LogP contribution is 2.37. The third-order valence-corrected chi connectivity index (χ3v) is 7.53. The van der Waals surface area contributed by atoms with Crippen LogP contribution in [0.1, 0.15) is 43.2 Å². The van der Waals surface area contributed by atoms with E-state index in [0.717, 1.165) is 48.6 Å². The maximum atomic E-state index is 13.5. The van der Waals surface area contributed by atoms with Crippen LogP contribution in [0.5, 0.6) is 0 Å². The highest BCUT2D eigenvalue weighted by atomic mass is 35.5. The van der Waals surface area contributed by atoms with E-state index in [1.54, 1.807) is 24.3 Å². The van der Waals surface area contributed by atoms with Gasteiger partial charge in [-0.25, -0.2) is 0 Å². The maximum Gasteiger partial charge on any atom is 0.417 e. The molecule has 2 N–H and O–H groups in total. The molecule has 0 aliphatic heterocycles. The summed E-state index contributed by atoms with van der Waals surface area (Å²) in [5, 5.41) is 4.85. The molecular weight excluding hydrogens is 543 g/mol. The highest BCUT2D eigenvalue weighted by molar-refractivity contribution is 7.86. The average Bonchev–Trinajstić information content (AvgIpc) is 2.84. The SMILES string of the molecule is Cc1ccc(NC(=O)C[S@](=O)CC(=O)N(CC(=O)NC2CCCCC2)c2ccc(Cl)c(C(F)(F)F)c2)cc1. The summed E-state index contributed by atoms with van der Waals surface area (Å²) in [5.74, 6) is -3.16. The first-order valence-electron chi connectivity index (χ1n) is 12.1. The first-order chi connectivity index (χ1) is 17.9. The predicted molar refractivity (Wildman–Crippen MR) is 142 cm³/mol. The third-order valence-electron chi connectivity index (χ3n) is 6.05. The van der Waals surface area contributed by atoms with Gasteiger partial charge >= 0.3 is 6.18 Å². The number of nitrogens with one attached hydrogen (secondary N) is 2. The van der Waals surface area contributed by atoms with Crippen molar-refractivity contribution in [3.8, 4) is 0 Å². The largest absolute Gasteiger partial charge is 0.417 e. The second-order valence-corrected chi connectivity index (χ2v) is 11.1. The molecule has 38 heavy (non-hydrogen) atoms. The summed E-state index contributed by atoms with van der Waals surface area (Å²) in [7, 11) is -1.98. The minimum Gasteiger partial charge on any atom is -0.352 e. The van der Waals surface area contributed by atoms with Crippen molar-refractivity contribution in [3.63, 3.8) is 0 Å². The molecule has 1 aliphatic rings. The van der Waals surface area contributed by atoms with Gasteiger partial charge < -0.3 is 15.5 Å². The Kier molecular flexibility index (Phi) is 10.3. The molecule has 0 radical (unpaired) electrons. The molecule has 7 nitrogen and oxygen atoms in total. The molecule has 3 amide bonds. The van der Waals surface area contributed by atoms with Crippen molar-refractivity contribution in [1.82, 2.24) is 5.32 Å². The molecule has 1 fully saturated rings. The number of alkyl halides is 3. The van der Waals surface area contributed by atoms with Crippen LogP contribution in [-0.2, 0) is 31.4 Å². The average molecular weight is 572 g/mol. The van der Waals surface area contributed by atoms with E-state index in [-0.39, 0.29) is 11.7 Å². The molecular formula is C26H29ClF3N3O4S. The lowest BCUT2D eigenvalue weighted by Crippen LogP contribution is -2.46. The number of halogens is 4. The fraction of sp³-hybridized carbons (Fsp3) is 0.423. The Balaban J connectivity index is 1.73. The van der Waals surface area contributed by atoms with Gasteiger partial charge in [0.05, 0.1) is 10.6 Å². The topological polar surface area (TPSA) is 95.6 Å². The van der Waals surface area contributed by atoms with Crippen LogP contribution in [0.3, 0.4) is 0 Å². The predicted octanol–water partition coefficient (Wildman–Crippen LogP) is 4.84. The molecule has 2 aromatic carbocycles. The zero-order valence-corrected chi connectivity index (χ0v) is 22.3. The Hall–Kier alpha value is -2.92. The van der Waals surface area contributed by atoms with Crippen molar-refractivity contribution in [3.05, 3.63) is 58.6 Å². The lowest BCUT2D eigenvalue weighted by molar-refractivity contribution is -0.137. The van der Waals surface area contributed by atoms with Crippen LogP contribution in [0, 0.1) is 6.92 Å². The lowest BCUT2D eigenvalue weighted by Gasteiger charge is -2.27. The quantitative estimate of drug-likeness (QED) is 0.450. The van der Waals surface area contributed by atoms with Gasteiger partial charge in [0, 0.05) is 28.2 Å². The summed E-state index contributed by atoms with van der Waals surface area (Å²) in [5.41, 5.74) is 0.0961. The Morgan fingerprint density at radius 1 is 1.00 bits per heavy atom. The van der Waals surface area contributed by atoms with Crippen LogP contribution >= 0.6 is 11.6 Å². The van der Waals surface area contributed by atoms with E-state index in [2.05, 4.69) is 10.6 Å². The Morgan fingerprint density at radius 2 is 1.66 bits per heavy atom. The van der Waals surface area contributed by atoms with Gasteiger partial charge in [-0.3, -0.25) is 18.6 Å². The molecule has 206 valence electrons. The summed E-state index contributed by atoms with van der Waals surface area (Å²) in [6, 6.07) is 9.70. The highest BCUT2D eigenvalue weighted by Gasteiger charge is 2.34. The van der Waals surface area contributed by atoms with E-state index in [4.69, 9.17) is 11.6 Å². The Bertz CT molecular complexity index is 1190. The van der Waals surface area contributed by atoms with Gasteiger partial charge in [-0.15, -0.1) is 0 Å². The number of hydrogen-bond acceptors (Lipinski definition) is 4. The third kappa shape index (κ3) is 8.83. The summed E-state index contributed by atoms with van der Waals surface area (Å²) in [4.78, 5) is 39.0. The molecule has 0 heterocycles. The summed E-state index contributed by atoms with van der Waals surface area (Å²) >= 11 is 5.72. The smallest absolute Gasteiger partial charge is 0.352 e. The molecule has 0 spiro atoms. The van der Waals surface area contributed by atoms with Gasteiger partial charge in [-0.05, 0) is 50.1 Å². The van der Waals surface area contributed by atoms with Crippen molar-refractivity contribution in [2.75, 3.05) is 28.3 Å². The van der Waals surface area contributed by atoms with Crippen LogP contribution in [0.25, 0.3) is 0 Å². The van der Waals surface area contributed by atoms with E-state index < -0.39 is 63.3 Å². The van der Waals surface area contributed by atoms with E-state index >= 15 is 0 Å². The zero-order valence-electron chi connectivity index (χ0n) is 20.8. The number of benzene rings is 2. The molecule has 0 unspecified atom stereocenters. The number of aryl methyl sites for hydroxylation is 1. The molecule has 1 atom stereocenters. The molecule has 0 saturated heterocycles. The molecule has 1 aliphatic carbocycles. The second-order valence-electron chi connectivity index (χ2n) is 9.19. The van der Waals surface area contributed by atoms with Crippen LogP contribution in [-0.4, -0.2) is 46.0 Å². The first-order valence-corrected chi connectivity index (χ1v) is 14.0. The summed E-state index contributed by atoms with van der Waals surface area (Å²) < 4.78 is 53.0. The van der Waals surface area contributed by atoms with Gasteiger partial charge in [0.25, 0.3) is 0 Å². The minimum atomic E-state index is -4.79. The van der Waals surface area contributed by atoms with Crippen LogP contribution in [0.4, 0.5) is 24.5 Å². The molecule has 3 rings (SSSR count). The Labute approximate surface area is 226 Å². The van der Waals surface area contributed by atoms with Crippen molar-refractivity contribution >= 4 is 51.5 Å².